The van der Waals surface area contributed by atoms with Crippen LogP contribution >= 0.6 is 0 Å². The lowest BCUT2D eigenvalue weighted by atomic mass is 10.1. The van der Waals surface area contributed by atoms with Gasteiger partial charge in [-0.2, -0.15) is 0 Å². The van der Waals surface area contributed by atoms with Crippen molar-refractivity contribution < 1.29 is 4.79 Å². The standard InChI is InChI=1S/C22H35N5O/c1-2-23-22(25-18-19-8-4-3-5-9-19)24-12-13-26-14-16-27(17-15-26)21(28)20-10-6-7-11-20/h3-5,8-9,20H,2,6-7,10-18H2,1H3,(H2,23,24,25). The molecule has 1 aliphatic carbocycles. The monoisotopic (exact) mass is 385 g/mol. The number of benzene rings is 1. The highest BCUT2D eigenvalue weighted by molar-refractivity contribution is 5.80. The Balaban J connectivity index is 1.37. The van der Waals surface area contributed by atoms with E-state index in [0.29, 0.717) is 18.4 Å². The molecule has 0 atom stereocenters. The van der Waals surface area contributed by atoms with Crippen molar-refractivity contribution in [3.8, 4) is 0 Å². The van der Waals surface area contributed by atoms with Gasteiger partial charge in [0, 0.05) is 51.7 Å². The molecule has 1 amide bonds. The first kappa shape index (κ1) is 20.6. The summed E-state index contributed by atoms with van der Waals surface area (Å²) in [6, 6.07) is 10.3. The number of carbonyl (C=O) groups is 1. The second kappa shape index (κ2) is 11.1. The Kier molecular flexibility index (Phi) is 8.15. The number of guanidine groups is 1. The van der Waals surface area contributed by atoms with E-state index in [-0.39, 0.29) is 0 Å². The zero-order chi connectivity index (χ0) is 19.6. The summed E-state index contributed by atoms with van der Waals surface area (Å²) in [6.07, 6.45) is 4.64. The Labute approximate surface area is 169 Å². The molecule has 0 aromatic heterocycles. The molecule has 1 aromatic carbocycles. The van der Waals surface area contributed by atoms with E-state index in [2.05, 4.69) is 44.5 Å². The predicted molar refractivity (Wildman–Crippen MR) is 114 cm³/mol. The molecule has 1 saturated carbocycles. The first-order chi connectivity index (χ1) is 13.8. The van der Waals surface area contributed by atoms with Crippen molar-refractivity contribution >= 4 is 11.9 Å². The second-order valence-electron chi connectivity index (χ2n) is 7.76. The third-order valence-electron chi connectivity index (χ3n) is 5.72. The number of nitrogens with zero attached hydrogens (tertiary/aromatic N) is 3. The van der Waals surface area contributed by atoms with Crippen LogP contribution in [0.3, 0.4) is 0 Å². The smallest absolute Gasteiger partial charge is 0.225 e. The average molecular weight is 386 g/mol. The third-order valence-corrected chi connectivity index (χ3v) is 5.72. The van der Waals surface area contributed by atoms with Crippen molar-refractivity contribution in [1.82, 2.24) is 20.4 Å². The van der Waals surface area contributed by atoms with Crippen LogP contribution in [0.1, 0.15) is 38.2 Å². The van der Waals surface area contributed by atoms with Gasteiger partial charge in [-0.05, 0) is 25.3 Å². The maximum Gasteiger partial charge on any atom is 0.225 e. The van der Waals surface area contributed by atoms with Crippen LogP contribution in [0, 0.1) is 5.92 Å². The van der Waals surface area contributed by atoms with E-state index in [1.807, 2.05) is 18.2 Å². The van der Waals surface area contributed by atoms with Crippen LogP contribution in [-0.2, 0) is 11.3 Å². The van der Waals surface area contributed by atoms with Crippen LogP contribution in [-0.4, -0.2) is 67.5 Å². The minimum absolute atomic E-state index is 0.303. The molecule has 0 unspecified atom stereocenters. The van der Waals surface area contributed by atoms with Crippen molar-refractivity contribution in [2.24, 2.45) is 10.9 Å². The fourth-order valence-electron chi connectivity index (χ4n) is 4.05. The van der Waals surface area contributed by atoms with E-state index in [1.54, 1.807) is 0 Å². The molecule has 0 bridgehead atoms. The third kappa shape index (κ3) is 6.23. The largest absolute Gasteiger partial charge is 0.357 e. The molecule has 2 fully saturated rings. The topological polar surface area (TPSA) is 60.0 Å². The SMILES string of the molecule is CCNC(=NCc1ccccc1)NCCN1CCN(C(=O)C2CCCC2)CC1. The number of piperazine rings is 1. The van der Waals surface area contributed by atoms with Gasteiger partial charge in [0.25, 0.3) is 0 Å². The molecule has 1 saturated heterocycles. The van der Waals surface area contributed by atoms with Crippen LogP contribution < -0.4 is 10.6 Å². The Morgan fingerprint density at radius 1 is 1.07 bits per heavy atom. The van der Waals surface area contributed by atoms with Crippen molar-refractivity contribution in [3.63, 3.8) is 0 Å². The van der Waals surface area contributed by atoms with E-state index < -0.39 is 0 Å². The predicted octanol–water partition coefficient (Wildman–Crippen LogP) is 2.08. The molecule has 0 radical (unpaired) electrons. The average Bonchev–Trinajstić information content (AvgIpc) is 3.28. The van der Waals surface area contributed by atoms with Gasteiger partial charge in [-0.3, -0.25) is 9.69 Å². The Morgan fingerprint density at radius 3 is 2.46 bits per heavy atom. The van der Waals surface area contributed by atoms with Crippen molar-refractivity contribution in [1.29, 1.82) is 0 Å². The van der Waals surface area contributed by atoms with E-state index in [0.717, 1.165) is 64.6 Å². The van der Waals surface area contributed by atoms with Gasteiger partial charge in [0.1, 0.15) is 0 Å². The summed E-state index contributed by atoms with van der Waals surface area (Å²) < 4.78 is 0. The van der Waals surface area contributed by atoms with Crippen LogP contribution in [0.15, 0.2) is 35.3 Å². The van der Waals surface area contributed by atoms with Crippen molar-refractivity contribution in [2.45, 2.75) is 39.2 Å². The van der Waals surface area contributed by atoms with Gasteiger partial charge in [-0.15, -0.1) is 0 Å². The lowest BCUT2D eigenvalue weighted by molar-refractivity contribution is -0.137. The maximum absolute atomic E-state index is 12.5. The first-order valence-corrected chi connectivity index (χ1v) is 10.8. The molecule has 1 heterocycles. The number of aliphatic imine (C=N–C) groups is 1. The fourth-order valence-corrected chi connectivity index (χ4v) is 4.05. The number of hydrogen-bond acceptors (Lipinski definition) is 3. The number of nitrogens with one attached hydrogen (secondary N) is 2. The van der Waals surface area contributed by atoms with Crippen molar-refractivity contribution in [3.05, 3.63) is 35.9 Å². The molecule has 6 heteroatoms. The molecule has 28 heavy (non-hydrogen) atoms. The van der Waals surface area contributed by atoms with Crippen LogP contribution in [0.25, 0.3) is 0 Å². The van der Waals surface area contributed by atoms with E-state index in [1.165, 1.54) is 18.4 Å². The summed E-state index contributed by atoms with van der Waals surface area (Å²) in [7, 11) is 0. The minimum Gasteiger partial charge on any atom is -0.357 e. The molecule has 1 aromatic rings. The number of hydrogen-bond donors (Lipinski definition) is 2. The van der Waals surface area contributed by atoms with E-state index >= 15 is 0 Å². The lowest BCUT2D eigenvalue weighted by Crippen LogP contribution is -2.51. The van der Waals surface area contributed by atoms with Gasteiger partial charge in [0.15, 0.2) is 5.96 Å². The fraction of sp³-hybridized carbons (Fsp3) is 0.636. The molecule has 0 spiro atoms. The van der Waals surface area contributed by atoms with Gasteiger partial charge >= 0.3 is 0 Å². The quantitative estimate of drug-likeness (QED) is 0.557. The van der Waals surface area contributed by atoms with Gasteiger partial charge in [-0.25, -0.2) is 4.99 Å². The summed E-state index contributed by atoms with van der Waals surface area (Å²) in [5.41, 5.74) is 1.21. The summed E-state index contributed by atoms with van der Waals surface area (Å²) in [5, 5.41) is 6.74. The summed E-state index contributed by atoms with van der Waals surface area (Å²) >= 11 is 0. The van der Waals surface area contributed by atoms with Gasteiger partial charge < -0.3 is 15.5 Å². The Morgan fingerprint density at radius 2 is 1.79 bits per heavy atom. The molecule has 1 aliphatic heterocycles. The van der Waals surface area contributed by atoms with Gasteiger partial charge in [-0.1, -0.05) is 43.2 Å². The van der Waals surface area contributed by atoms with Crippen molar-refractivity contribution in [2.75, 3.05) is 45.8 Å². The summed E-state index contributed by atoms with van der Waals surface area (Å²) in [6.45, 7) is 9.13. The van der Waals surface area contributed by atoms with E-state index in [9.17, 15) is 4.79 Å². The molecule has 6 nitrogen and oxygen atoms in total. The summed E-state index contributed by atoms with van der Waals surface area (Å²) in [5.74, 6) is 1.57. The Bertz CT molecular complexity index is 619. The number of rotatable bonds is 7. The molecule has 2 aliphatic rings. The van der Waals surface area contributed by atoms with E-state index in [4.69, 9.17) is 0 Å². The molecular formula is C22H35N5O. The normalized spacial score (nSPS) is 19.0. The molecule has 3 rings (SSSR count). The molecular weight excluding hydrogens is 350 g/mol. The highest BCUT2D eigenvalue weighted by Gasteiger charge is 2.29. The minimum atomic E-state index is 0.303. The number of carbonyl (C=O) groups excluding carboxylic acids is 1. The summed E-state index contributed by atoms with van der Waals surface area (Å²) in [4.78, 5) is 21.7. The lowest BCUT2D eigenvalue weighted by Gasteiger charge is -2.36. The first-order valence-electron chi connectivity index (χ1n) is 10.8. The van der Waals surface area contributed by atoms with Crippen LogP contribution in [0.5, 0.6) is 0 Å². The zero-order valence-corrected chi connectivity index (χ0v) is 17.2. The van der Waals surface area contributed by atoms with Gasteiger partial charge in [0.2, 0.25) is 5.91 Å². The maximum atomic E-state index is 12.5. The number of amides is 1. The second-order valence-corrected chi connectivity index (χ2v) is 7.76. The molecule has 154 valence electrons. The van der Waals surface area contributed by atoms with Gasteiger partial charge in [0.05, 0.1) is 6.54 Å². The Hall–Kier alpha value is -2.08. The highest BCUT2D eigenvalue weighted by atomic mass is 16.2. The highest BCUT2D eigenvalue weighted by Crippen LogP contribution is 2.26. The van der Waals surface area contributed by atoms with Crippen LogP contribution in [0.2, 0.25) is 0 Å². The molecule has 2 N–H and O–H groups in total. The van der Waals surface area contributed by atoms with Crippen LogP contribution in [0.4, 0.5) is 0 Å². The zero-order valence-electron chi connectivity index (χ0n) is 17.2.